The first kappa shape index (κ1) is 22.2. The lowest BCUT2D eigenvalue weighted by atomic mass is 10.1. The molecule has 9 nitrogen and oxygen atoms in total. The molecule has 1 aliphatic rings. The molecule has 0 spiro atoms. The Morgan fingerprint density at radius 2 is 1.90 bits per heavy atom. The molecule has 1 aromatic rings. The van der Waals surface area contributed by atoms with Gasteiger partial charge in [0.1, 0.15) is 5.75 Å². The average molecular weight is 405 g/mol. The van der Waals surface area contributed by atoms with Crippen molar-refractivity contribution >= 4 is 29.5 Å². The fraction of sp³-hybridized carbons (Fsp3) is 0.500. The van der Waals surface area contributed by atoms with Gasteiger partial charge in [-0.25, -0.2) is 4.79 Å². The van der Waals surface area contributed by atoms with Crippen LogP contribution in [-0.4, -0.2) is 50.1 Å². The van der Waals surface area contributed by atoms with Gasteiger partial charge < -0.3 is 19.7 Å². The number of urea groups is 1. The van der Waals surface area contributed by atoms with E-state index in [1.165, 1.54) is 4.90 Å². The first-order chi connectivity index (χ1) is 13.8. The fourth-order valence-electron chi connectivity index (χ4n) is 2.76. The third-order valence-electron chi connectivity index (χ3n) is 4.19. The predicted octanol–water partition coefficient (Wildman–Crippen LogP) is 1.46. The van der Waals surface area contributed by atoms with Crippen LogP contribution in [0.5, 0.6) is 5.75 Å². The summed E-state index contributed by atoms with van der Waals surface area (Å²) >= 11 is 0. The molecule has 1 fully saturated rings. The SMILES string of the molecule is CCOc1ccc(N2CC(C(=O)OCC(=O)NC(=O)NCC(C)C)CC2=O)cc1. The molecule has 29 heavy (non-hydrogen) atoms. The van der Waals surface area contributed by atoms with Gasteiger partial charge in [-0.1, -0.05) is 13.8 Å². The van der Waals surface area contributed by atoms with Gasteiger partial charge in [0.25, 0.3) is 5.91 Å². The molecule has 4 amide bonds. The number of carbonyl (C=O) groups excluding carboxylic acids is 4. The number of nitrogens with zero attached hydrogens (tertiary/aromatic N) is 1. The highest BCUT2D eigenvalue weighted by Gasteiger charge is 2.36. The van der Waals surface area contributed by atoms with Crippen LogP contribution in [0.25, 0.3) is 0 Å². The highest BCUT2D eigenvalue weighted by atomic mass is 16.5. The van der Waals surface area contributed by atoms with Gasteiger partial charge in [-0.3, -0.25) is 19.7 Å². The monoisotopic (exact) mass is 405 g/mol. The maximum absolute atomic E-state index is 12.3. The first-order valence-corrected chi connectivity index (χ1v) is 9.57. The van der Waals surface area contributed by atoms with Crippen molar-refractivity contribution < 1.29 is 28.7 Å². The van der Waals surface area contributed by atoms with Crippen molar-refractivity contribution in [1.29, 1.82) is 0 Å². The quantitative estimate of drug-likeness (QED) is 0.633. The Balaban J connectivity index is 1.81. The Bertz CT molecular complexity index is 747. The number of benzene rings is 1. The average Bonchev–Trinajstić information content (AvgIpc) is 3.07. The summed E-state index contributed by atoms with van der Waals surface area (Å²) in [5.41, 5.74) is 0.660. The Kier molecular flexibility index (Phi) is 7.99. The van der Waals surface area contributed by atoms with Crippen LogP contribution in [0.4, 0.5) is 10.5 Å². The van der Waals surface area contributed by atoms with Crippen molar-refractivity contribution in [1.82, 2.24) is 10.6 Å². The Hall–Kier alpha value is -3.10. The fourth-order valence-corrected chi connectivity index (χ4v) is 2.76. The van der Waals surface area contributed by atoms with Gasteiger partial charge in [0.05, 0.1) is 12.5 Å². The van der Waals surface area contributed by atoms with Crippen molar-refractivity contribution in [2.75, 3.05) is 31.2 Å². The normalized spacial score (nSPS) is 15.9. The van der Waals surface area contributed by atoms with E-state index in [0.717, 1.165) is 0 Å². The van der Waals surface area contributed by atoms with Gasteiger partial charge in [-0.05, 0) is 37.1 Å². The molecular weight excluding hydrogens is 378 g/mol. The summed E-state index contributed by atoms with van der Waals surface area (Å²) in [6, 6.07) is 6.37. The Morgan fingerprint density at radius 3 is 2.52 bits per heavy atom. The number of hydrogen-bond acceptors (Lipinski definition) is 6. The lowest BCUT2D eigenvalue weighted by Gasteiger charge is -2.17. The van der Waals surface area contributed by atoms with E-state index < -0.39 is 30.4 Å². The van der Waals surface area contributed by atoms with Gasteiger partial charge in [-0.2, -0.15) is 0 Å². The molecule has 9 heteroatoms. The zero-order valence-corrected chi connectivity index (χ0v) is 16.9. The highest BCUT2D eigenvalue weighted by Crippen LogP contribution is 2.27. The molecule has 1 aliphatic heterocycles. The maximum atomic E-state index is 12.3. The first-order valence-electron chi connectivity index (χ1n) is 9.57. The molecule has 158 valence electrons. The van der Waals surface area contributed by atoms with Crippen LogP contribution in [0.3, 0.4) is 0 Å². The van der Waals surface area contributed by atoms with Crippen LogP contribution in [0.15, 0.2) is 24.3 Å². The standard InChI is InChI=1S/C20H27N3O6/c1-4-28-16-7-5-15(6-8-16)23-11-14(9-18(23)25)19(26)29-12-17(24)22-20(27)21-10-13(2)3/h5-8,13-14H,4,9-12H2,1-3H3,(H2,21,22,24,27). The van der Waals surface area contributed by atoms with Gasteiger partial charge in [0, 0.05) is 25.2 Å². The van der Waals surface area contributed by atoms with Gasteiger partial charge in [0.15, 0.2) is 6.61 Å². The minimum absolute atomic E-state index is 0.00252. The number of hydrogen-bond donors (Lipinski definition) is 2. The predicted molar refractivity (Wildman–Crippen MR) is 105 cm³/mol. The summed E-state index contributed by atoms with van der Waals surface area (Å²) < 4.78 is 10.3. The van der Waals surface area contributed by atoms with Crippen molar-refractivity contribution in [3.8, 4) is 5.75 Å². The van der Waals surface area contributed by atoms with E-state index in [-0.39, 0.29) is 24.8 Å². The molecule has 1 saturated heterocycles. The number of nitrogens with one attached hydrogen (secondary N) is 2. The molecule has 0 saturated carbocycles. The lowest BCUT2D eigenvalue weighted by Crippen LogP contribution is -2.42. The van der Waals surface area contributed by atoms with Crippen LogP contribution >= 0.6 is 0 Å². The third-order valence-corrected chi connectivity index (χ3v) is 4.19. The summed E-state index contributed by atoms with van der Waals surface area (Å²) in [6.07, 6.45) is 0.00252. The second kappa shape index (κ2) is 10.4. The Labute approximate surface area is 169 Å². The smallest absolute Gasteiger partial charge is 0.321 e. The zero-order valence-electron chi connectivity index (χ0n) is 16.9. The second-order valence-corrected chi connectivity index (χ2v) is 7.09. The number of carbonyl (C=O) groups is 4. The van der Waals surface area contributed by atoms with Crippen molar-refractivity contribution in [2.45, 2.75) is 27.2 Å². The minimum atomic E-state index is -0.729. The molecule has 0 aromatic heterocycles. The van der Waals surface area contributed by atoms with Crippen LogP contribution in [-0.2, 0) is 19.1 Å². The number of anilines is 1. The van der Waals surface area contributed by atoms with E-state index in [2.05, 4.69) is 10.6 Å². The molecule has 2 N–H and O–H groups in total. The van der Waals surface area contributed by atoms with E-state index in [1.54, 1.807) is 24.3 Å². The van der Waals surface area contributed by atoms with Crippen LogP contribution in [0.2, 0.25) is 0 Å². The molecule has 1 heterocycles. The molecule has 0 aliphatic carbocycles. The number of imide groups is 1. The molecular formula is C20H27N3O6. The number of rotatable bonds is 8. The largest absolute Gasteiger partial charge is 0.494 e. The molecule has 0 radical (unpaired) electrons. The molecule has 2 rings (SSSR count). The summed E-state index contributed by atoms with van der Waals surface area (Å²) in [5.74, 6) is -1.31. The van der Waals surface area contributed by atoms with E-state index in [9.17, 15) is 19.2 Å². The van der Waals surface area contributed by atoms with E-state index >= 15 is 0 Å². The van der Waals surface area contributed by atoms with Crippen LogP contribution in [0, 0.1) is 11.8 Å². The van der Waals surface area contributed by atoms with E-state index in [1.807, 2.05) is 20.8 Å². The van der Waals surface area contributed by atoms with Crippen molar-refractivity contribution in [3.05, 3.63) is 24.3 Å². The molecule has 1 unspecified atom stereocenters. The van der Waals surface area contributed by atoms with Crippen LogP contribution in [0.1, 0.15) is 27.2 Å². The lowest BCUT2D eigenvalue weighted by molar-refractivity contribution is -0.152. The van der Waals surface area contributed by atoms with Crippen LogP contribution < -0.4 is 20.3 Å². The summed E-state index contributed by atoms with van der Waals surface area (Å²) in [6.45, 7) is 6.27. The van der Waals surface area contributed by atoms with Crippen molar-refractivity contribution in [3.63, 3.8) is 0 Å². The molecule has 1 aromatic carbocycles. The minimum Gasteiger partial charge on any atom is -0.494 e. The van der Waals surface area contributed by atoms with E-state index in [0.29, 0.717) is 24.6 Å². The summed E-state index contributed by atoms with van der Waals surface area (Å²) in [4.78, 5) is 49.2. The summed E-state index contributed by atoms with van der Waals surface area (Å²) in [7, 11) is 0. The highest BCUT2D eigenvalue weighted by molar-refractivity contribution is 6.00. The van der Waals surface area contributed by atoms with Gasteiger partial charge in [0.2, 0.25) is 5.91 Å². The molecule has 1 atom stereocenters. The van der Waals surface area contributed by atoms with E-state index in [4.69, 9.17) is 9.47 Å². The number of esters is 1. The van der Waals surface area contributed by atoms with Gasteiger partial charge in [-0.15, -0.1) is 0 Å². The number of amides is 4. The number of ether oxygens (including phenoxy) is 2. The Morgan fingerprint density at radius 1 is 1.21 bits per heavy atom. The maximum Gasteiger partial charge on any atom is 0.321 e. The van der Waals surface area contributed by atoms with Gasteiger partial charge >= 0.3 is 12.0 Å². The zero-order chi connectivity index (χ0) is 21.4. The van der Waals surface area contributed by atoms with Crippen molar-refractivity contribution in [2.24, 2.45) is 11.8 Å². The summed E-state index contributed by atoms with van der Waals surface area (Å²) in [5, 5.41) is 4.61. The second-order valence-electron chi connectivity index (χ2n) is 7.09. The topological polar surface area (TPSA) is 114 Å². The third kappa shape index (κ3) is 6.78. The molecule has 0 bridgehead atoms.